The largest absolute Gasteiger partial charge is 0.480 e. The Hall–Kier alpha value is -1.89. The molecule has 0 unspecified atom stereocenters. The van der Waals surface area contributed by atoms with E-state index in [1.165, 1.54) is 11.2 Å². The molecule has 17 heavy (non-hydrogen) atoms. The summed E-state index contributed by atoms with van der Waals surface area (Å²) in [5.41, 5.74) is 5.61. The molecule has 1 aromatic heterocycles. The van der Waals surface area contributed by atoms with Gasteiger partial charge in [-0.3, -0.25) is 9.59 Å². The van der Waals surface area contributed by atoms with Crippen molar-refractivity contribution in [2.75, 3.05) is 19.6 Å². The van der Waals surface area contributed by atoms with Gasteiger partial charge in [-0.15, -0.1) is 0 Å². The Balaban J connectivity index is 2.75. The van der Waals surface area contributed by atoms with E-state index in [1.807, 2.05) is 0 Å². The van der Waals surface area contributed by atoms with Gasteiger partial charge in [0.05, 0.1) is 6.33 Å². The van der Waals surface area contributed by atoms with Crippen LogP contribution in [0.25, 0.3) is 0 Å². The van der Waals surface area contributed by atoms with E-state index in [0.717, 1.165) is 0 Å². The van der Waals surface area contributed by atoms with E-state index in [9.17, 15) is 9.59 Å². The number of amides is 1. The molecule has 3 N–H and O–H groups in total. The van der Waals surface area contributed by atoms with Crippen molar-refractivity contribution in [2.45, 2.75) is 13.5 Å². The number of hydrogen-bond acceptors (Lipinski definition) is 4. The molecular weight excluding hydrogens is 224 g/mol. The van der Waals surface area contributed by atoms with Gasteiger partial charge in [0.1, 0.15) is 12.2 Å². The number of aliphatic carboxylic acids is 1. The van der Waals surface area contributed by atoms with Crippen molar-refractivity contribution in [3.63, 3.8) is 0 Å². The van der Waals surface area contributed by atoms with Crippen molar-refractivity contribution in [3.8, 4) is 0 Å². The molecule has 0 saturated heterocycles. The van der Waals surface area contributed by atoms with Crippen LogP contribution in [0, 0.1) is 0 Å². The topological polar surface area (TPSA) is 101 Å². The number of carbonyl (C=O) groups is 2. The zero-order valence-corrected chi connectivity index (χ0v) is 9.67. The van der Waals surface area contributed by atoms with Gasteiger partial charge in [-0.2, -0.15) is 0 Å². The van der Waals surface area contributed by atoms with Gasteiger partial charge in [0, 0.05) is 25.8 Å². The van der Waals surface area contributed by atoms with Crippen molar-refractivity contribution < 1.29 is 14.7 Å². The lowest BCUT2D eigenvalue weighted by atomic mass is 10.3. The number of carboxylic acid groups (broad SMARTS) is 1. The van der Waals surface area contributed by atoms with Crippen LogP contribution in [0.2, 0.25) is 0 Å². The average Bonchev–Trinajstić information content (AvgIpc) is 2.74. The third-order valence-electron chi connectivity index (χ3n) is 2.23. The van der Waals surface area contributed by atoms with Crippen molar-refractivity contribution in [1.29, 1.82) is 0 Å². The van der Waals surface area contributed by atoms with Gasteiger partial charge in [-0.05, 0) is 6.92 Å². The molecule has 0 aliphatic carbocycles. The lowest BCUT2D eigenvalue weighted by Crippen LogP contribution is -2.35. The van der Waals surface area contributed by atoms with Crippen LogP contribution in [0.4, 0.5) is 0 Å². The molecule has 0 fully saturated rings. The molecule has 0 aromatic carbocycles. The number of nitrogens with zero attached hydrogens (tertiary/aromatic N) is 3. The maximum Gasteiger partial charge on any atom is 0.323 e. The minimum Gasteiger partial charge on any atom is -0.480 e. The smallest absolute Gasteiger partial charge is 0.323 e. The molecule has 1 heterocycles. The number of hydrogen-bond donors (Lipinski definition) is 2. The molecule has 0 saturated carbocycles. The zero-order valence-electron chi connectivity index (χ0n) is 9.67. The third kappa shape index (κ3) is 3.56. The first-order chi connectivity index (χ1) is 8.08. The second kappa shape index (κ2) is 6.00. The van der Waals surface area contributed by atoms with Crippen LogP contribution in [-0.2, 0) is 11.3 Å². The maximum absolute atomic E-state index is 11.9. The number of aromatic nitrogens is 2. The Bertz CT molecular complexity index is 402. The van der Waals surface area contributed by atoms with E-state index >= 15 is 0 Å². The van der Waals surface area contributed by atoms with Gasteiger partial charge in [-0.1, -0.05) is 0 Å². The summed E-state index contributed by atoms with van der Waals surface area (Å²) in [5.74, 6) is -1.42. The summed E-state index contributed by atoms with van der Waals surface area (Å²) in [6, 6.07) is 0. The van der Waals surface area contributed by atoms with E-state index in [0.29, 0.717) is 19.6 Å². The van der Waals surface area contributed by atoms with Gasteiger partial charge in [-0.25, -0.2) is 4.98 Å². The van der Waals surface area contributed by atoms with Crippen molar-refractivity contribution in [1.82, 2.24) is 14.5 Å². The third-order valence-corrected chi connectivity index (χ3v) is 2.23. The highest BCUT2D eigenvalue weighted by Crippen LogP contribution is 2.02. The minimum atomic E-state index is -1.04. The van der Waals surface area contributed by atoms with Gasteiger partial charge < -0.3 is 20.3 Å². The highest BCUT2D eigenvalue weighted by molar-refractivity contribution is 5.93. The molecule has 0 aliphatic heterocycles. The van der Waals surface area contributed by atoms with Gasteiger partial charge in [0.2, 0.25) is 0 Å². The molecular formula is C10H16N4O3. The number of nitrogens with two attached hydrogens (primary N) is 1. The summed E-state index contributed by atoms with van der Waals surface area (Å²) in [7, 11) is 0. The lowest BCUT2D eigenvalue weighted by Gasteiger charge is -2.16. The second-order valence-electron chi connectivity index (χ2n) is 3.50. The second-order valence-corrected chi connectivity index (χ2v) is 3.50. The molecule has 0 bridgehead atoms. The van der Waals surface area contributed by atoms with Crippen LogP contribution >= 0.6 is 0 Å². The monoisotopic (exact) mass is 240 g/mol. The molecule has 7 heteroatoms. The first kappa shape index (κ1) is 13.2. The highest BCUT2D eigenvalue weighted by atomic mass is 16.4. The number of carbonyl (C=O) groups excluding carboxylic acids is 1. The maximum atomic E-state index is 11.9. The minimum absolute atomic E-state index is 0.238. The van der Waals surface area contributed by atoms with E-state index in [-0.39, 0.29) is 18.1 Å². The Morgan fingerprint density at radius 2 is 2.29 bits per heavy atom. The summed E-state index contributed by atoms with van der Waals surface area (Å²) < 4.78 is 1.70. The quantitative estimate of drug-likeness (QED) is 0.690. The predicted octanol–water partition coefficient (Wildman–Crippen LogP) is -0.611. The van der Waals surface area contributed by atoms with Gasteiger partial charge in [0.25, 0.3) is 5.91 Å². The Morgan fingerprint density at radius 3 is 2.82 bits per heavy atom. The number of rotatable bonds is 6. The van der Waals surface area contributed by atoms with Crippen molar-refractivity contribution in [3.05, 3.63) is 18.2 Å². The molecule has 1 amide bonds. The summed E-state index contributed by atoms with van der Waals surface area (Å²) in [6.07, 6.45) is 3.08. The fourth-order valence-corrected chi connectivity index (χ4v) is 1.39. The standard InChI is InChI=1S/C10H16N4O3/c1-2-14(6-9(15)16)10(17)8-5-13(4-3-11)7-12-8/h5,7H,2-4,6,11H2,1H3,(H,15,16). The highest BCUT2D eigenvalue weighted by Gasteiger charge is 2.18. The SMILES string of the molecule is CCN(CC(=O)O)C(=O)c1cn(CCN)cn1. The summed E-state index contributed by atoms with van der Waals surface area (Å²) >= 11 is 0. The summed E-state index contributed by atoms with van der Waals surface area (Å²) in [6.45, 7) is 2.76. The predicted molar refractivity (Wildman–Crippen MR) is 60.5 cm³/mol. The summed E-state index contributed by atoms with van der Waals surface area (Å²) in [4.78, 5) is 27.6. The summed E-state index contributed by atoms with van der Waals surface area (Å²) in [5, 5.41) is 8.66. The number of carboxylic acids is 1. The Morgan fingerprint density at radius 1 is 1.59 bits per heavy atom. The molecule has 0 spiro atoms. The Kier molecular flexibility index (Phi) is 4.65. The van der Waals surface area contributed by atoms with E-state index in [1.54, 1.807) is 17.7 Å². The van der Waals surface area contributed by atoms with Crippen LogP contribution in [0.3, 0.4) is 0 Å². The zero-order chi connectivity index (χ0) is 12.8. The first-order valence-electron chi connectivity index (χ1n) is 5.31. The molecule has 0 radical (unpaired) electrons. The molecule has 0 atom stereocenters. The normalized spacial score (nSPS) is 10.2. The number of likely N-dealkylation sites (N-methyl/N-ethyl adjacent to an activating group) is 1. The molecule has 0 aliphatic rings. The van der Waals surface area contributed by atoms with E-state index in [4.69, 9.17) is 10.8 Å². The fourth-order valence-electron chi connectivity index (χ4n) is 1.39. The van der Waals surface area contributed by atoms with E-state index in [2.05, 4.69) is 4.98 Å². The lowest BCUT2D eigenvalue weighted by molar-refractivity contribution is -0.137. The van der Waals surface area contributed by atoms with Crippen LogP contribution < -0.4 is 5.73 Å². The van der Waals surface area contributed by atoms with Crippen LogP contribution in [0.15, 0.2) is 12.5 Å². The molecule has 94 valence electrons. The van der Waals surface area contributed by atoms with Gasteiger partial charge in [0.15, 0.2) is 0 Å². The van der Waals surface area contributed by atoms with Gasteiger partial charge >= 0.3 is 5.97 Å². The molecule has 1 aromatic rings. The molecule has 7 nitrogen and oxygen atoms in total. The average molecular weight is 240 g/mol. The van der Waals surface area contributed by atoms with Crippen LogP contribution in [0.5, 0.6) is 0 Å². The van der Waals surface area contributed by atoms with Crippen molar-refractivity contribution >= 4 is 11.9 Å². The first-order valence-corrected chi connectivity index (χ1v) is 5.31. The van der Waals surface area contributed by atoms with E-state index < -0.39 is 5.97 Å². The molecule has 1 rings (SSSR count). The fraction of sp³-hybridized carbons (Fsp3) is 0.500. The number of imidazole rings is 1. The van der Waals surface area contributed by atoms with Crippen LogP contribution in [-0.4, -0.2) is 51.1 Å². The Labute approximate surface area is 98.8 Å². The van der Waals surface area contributed by atoms with Crippen LogP contribution in [0.1, 0.15) is 17.4 Å². The van der Waals surface area contributed by atoms with Crippen molar-refractivity contribution in [2.24, 2.45) is 5.73 Å².